The Morgan fingerprint density at radius 1 is 1.31 bits per heavy atom. The Hall–Kier alpha value is -2.75. The molecule has 0 radical (unpaired) electrons. The minimum atomic E-state index is -3.65. The predicted molar refractivity (Wildman–Crippen MR) is 107 cm³/mol. The van der Waals surface area contributed by atoms with Crippen LogP contribution in [-0.2, 0) is 9.64 Å². The van der Waals surface area contributed by atoms with Crippen LogP contribution in [0.5, 0.6) is 0 Å². The summed E-state index contributed by atoms with van der Waals surface area (Å²) in [6, 6.07) is 3.43. The van der Waals surface area contributed by atoms with E-state index in [-0.39, 0.29) is 5.95 Å². The predicted octanol–water partition coefficient (Wildman–Crippen LogP) is 2.47. The second-order valence-corrected chi connectivity index (χ2v) is 11.3. The summed E-state index contributed by atoms with van der Waals surface area (Å²) in [5.74, 6) is 6.19. The summed E-state index contributed by atoms with van der Waals surface area (Å²) in [6.07, 6.45) is 8.98. The van der Waals surface area contributed by atoms with Gasteiger partial charge in [0.1, 0.15) is 6.66 Å². The monoisotopic (exact) mass is 386 g/mol. The maximum absolute atomic E-state index is 12.8. The van der Waals surface area contributed by atoms with E-state index in [0.717, 1.165) is 0 Å². The van der Waals surface area contributed by atoms with Crippen molar-refractivity contribution in [3.63, 3.8) is 0 Å². The summed E-state index contributed by atoms with van der Waals surface area (Å²) >= 11 is 0. The Morgan fingerprint density at radius 3 is 2.69 bits per heavy atom. The highest BCUT2D eigenvalue weighted by molar-refractivity contribution is 8.47. The molecule has 0 aromatic carbocycles. The van der Waals surface area contributed by atoms with Crippen LogP contribution >= 0.6 is 6.75 Å². The molecule has 0 aliphatic carbocycles. The molecule has 3 rings (SSSR count). The number of anilines is 1. The van der Waals surface area contributed by atoms with E-state index in [2.05, 4.69) is 33.1 Å². The zero-order valence-corrected chi connectivity index (χ0v) is 16.1. The maximum atomic E-state index is 12.8. The first-order valence-electron chi connectivity index (χ1n) is 7.74. The van der Waals surface area contributed by atoms with E-state index in [4.69, 9.17) is 5.73 Å². The van der Waals surface area contributed by atoms with Crippen molar-refractivity contribution in [1.82, 2.24) is 18.9 Å². The van der Waals surface area contributed by atoms with Gasteiger partial charge in [0.15, 0.2) is 5.65 Å². The van der Waals surface area contributed by atoms with Crippen molar-refractivity contribution >= 4 is 39.7 Å². The summed E-state index contributed by atoms with van der Waals surface area (Å²) in [5, 5.41) is 0.618. The van der Waals surface area contributed by atoms with E-state index in [0.29, 0.717) is 34.3 Å². The van der Waals surface area contributed by atoms with Crippen LogP contribution in [0, 0.1) is 11.8 Å². The summed E-state index contributed by atoms with van der Waals surface area (Å²) in [7, 11) is -3.65. The van der Waals surface area contributed by atoms with Gasteiger partial charge in [-0.05, 0) is 12.1 Å². The Labute approximate surface area is 152 Å². The summed E-state index contributed by atoms with van der Waals surface area (Å²) in [4.78, 5) is 12.4. The van der Waals surface area contributed by atoms with E-state index in [1.807, 2.05) is 6.92 Å². The third-order valence-corrected chi connectivity index (χ3v) is 8.10. The van der Waals surface area contributed by atoms with Crippen LogP contribution in [0.3, 0.4) is 0 Å². The molecule has 0 bridgehead atoms. The molecule has 9 heteroatoms. The van der Waals surface area contributed by atoms with Gasteiger partial charge in [-0.3, -0.25) is 0 Å². The zero-order valence-electron chi connectivity index (χ0n) is 14.3. The standard InChI is InChI=1S/C17H17N5O2PS/c1-4-5-6-12-7-9-19-16-15(12)13(14-8-10-20-17(18)21-14)11-22(16)26(23,24)25(2)3/h7-11H,2,4H2,1,3H3,(H2,18,20,21)/q+1. The van der Waals surface area contributed by atoms with Crippen LogP contribution in [0.2, 0.25) is 0 Å². The Morgan fingerprint density at radius 2 is 2.04 bits per heavy atom. The van der Waals surface area contributed by atoms with Crippen molar-refractivity contribution in [3.8, 4) is 23.1 Å². The molecule has 0 aliphatic heterocycles. The Balaban J connectivity index is 2.45. The molecule has 0 fully saturated rings. The molecule has 1 unspecified atom stereocenters. The van der Waals surface area contributed by atoms with Crippen molar-refractivity contribution in [2.24, 2.45) is 0 Å². The van der Waals surface area contributed by atoms with Gasteiger partial charge in [0.25, 0.3) is 0 Å². The Kier molecular flexibility index (Phi) is 4.77. The van der Waals surface area contributed by atoms with E-state index in [1.54, 1.807) is 25.0 Å². The van der Waals surface area contributed by atoms with E-state index in [9.17, 15) is 8.42 Å². The van der Waals surface area contributed by atoms with Gasteiger partial charge in [0.2, 0.25) is 12.7 Å². The lowest BCUT2D eigenvalue weighted by atomic mass is 10.1. The molecular formula is C17H17N5O2PS+. The summed E-state index contributed by atoms with van der Waals surface area (Å²) < 4.78 is 26.7. The molecule has 0 amide bonds. The first-order chi connectivity index (χ1) is 12.4. The number of hydrogen-bond donors (Lipinski definition) is 1. The van der Waals surface area contributed by atoms with Gasteiger partial charge < -0.3 is 5.73 Å². The quantitative estimate of drug-likeness (QED) is 0.548. The minimum Gasteiger partial charge on any atom is -0.368 e. The smallest absolute Gasteiger partial charge is 0.368 e. The molecule has 3 heterocycles. The van der Waals surface area contributed by atoms with E-state index in [1.165, 1.54) is 16.4 Å². The van der Waals surface area contributed by atoms with Crippen LogP contribution in [0.1, 0.15) is 18.9 Å². The van der Waals surface area contributed by atoms with Gasteiger partial charge in [0, 0.05) is 41.5 Å². The molecule has 0 spiro atoms. The van der Waals surface area contributed by atoms with Crippen LogP contribution in [0.4, 0.5) is 5.95 Å². The number of nitrogen functional groups attached to an aromatic ring is 1. The highest BCUT2D eigenvalue weighted by Crippen LogP contribution is 2.36. The number of rotatable bonds is 3. The van der Waals surface area contributed by atoms with Crippen LogP contribution in [0.15, 0.2) is 30.7 Å². The van der Waals surface area contributed by atoms with Crippen LogP contribution in [-0.4, -0.2) is 40.3 Å². The highest BCUT2D eigenvalue weighted by Gasteiger charge is 2.29. The Bertz CT molecular complexity index is 1190. The number of fused-ring (bicyclic) bond motifs is 1. The molecule has 0 saturated heterocycles. The van der Waals surface area contributed by atoms with Crippen LogP contribution < -0.4 is 5.73 Å². The number of pyridine rings is 1. The maximum Gasteiger partial charge on any atom is 0.405 e. The SMILES string of the molecule is C=[P+](C)S(=O)(=O)n1cc(-c2ccnc(N)n2)c2c(C#CCC)ccnc21. The molecule has 3 aromatic heterocycles. The highest BCUT2D eigenvalue weighted by atomic mass is 32.8. The normalized spacial score (nSPS) is 11.8. The van der Waals surface area contributed by atoms with Crippen molar-refractivity contribution in [2.75, 3.05) is 12.4 Å². The lowest BCUT2D eigenvalue weighted by molar-refractivity contribution is 0.603. The number of nitrogens with two attached hydrogens (primary N) is 1. The van der Waals surface area contributed by atoms with Gasteiger partial charge in [-0.2, -0.15) is 12.4 Å². The third kappa shape index (κ3) is 3.07. The number of aromatic nitrogens is 4. The first kappa shape index (κ1) is 18.1. The van der Waals surface area contributed by atoms with Crippen molar-refractivity contribution in [1.29, 1.82) is 0 Å². The van der Waals surface area contributed by atoms with Crippen molar-refractivity contribution < 1.29 is 8.42 Å². The second-order valence-electron chi connectivity index (χ2n) is 5.46. The zero-order chi connectivity index (χ0) is 18.9. The van der Waals surface area contributed by atoms with E-state index >= 15 is 0 Å². The fourth-order valence-corrected chi connectivity index (χ4v) is 4.63. The van der Waals surface area contributed by atoms with Crippen molar-refractivity contribution in [2.45, 2.75) is 13.3 Å². The fraction of sp³-hybridized carbons (Fsp3) is 0.176. The topological polar surface area (TPSA) is 104 Å². The fourth-order valence-electron chi connectivity index (χ4n) is 2.46. The number of hydrogen-bond acceptors (Lipinski definition) is 6. The minimum absolute atomic E-state index is 0.103. The molecule has 1 atom stereocenters. The molecule has 2 N–H and O–H groups in total. The average Bonchev–Trinajstić information content (AvgIpc) is 3.01. The lowest BCUT2D eigenvalue weighted by Crippen LogP contribution is -2.07. The van der Waals surface area contributed by atoms with Crippen LogP contribution in [0.25, 0.3) is 22.3 Å². The van der Waals surface area contributed by atoms with Gasteiger partial charge >= 0.3 is 9.64 Å². The second kappa shape index (κ2) is 6.87. The molecule has 0 saturated carbocycles. The first-order valence-corrected chi connectivity index (χ1v) is 11.8. The molecule has 7 nitrogen and oxygen atoms in total. The molecule has 3 aromatic rings. The molecule has 132 valence electrons. The largest absolute Gasteiger partial charge is 0.405 e. The van der Waals surface area contributed by atoms with Crippen molar-refractivity contribution in [3.05, 3.63) is 36.3 Å². The van der Waals surface area contributed by atoms with Gasteiger partial charge in [0.05, 0.1) is 12.0 Å². The summed E-state index contributed by atoms with van der Waals surface area (Å²) in [6.45, 7) is 2.00. The van der Waals surface area contributed by atoms with E-state index < -0.39 is 16.4 Å². The van der Waals surface area contributed by atoms with Gasteiger partial charge in [-0.15, -0.1) is 0 Å². The molecule has 26 heavy (non-hydrogen) atoms. The average molecular weight is 386 g/mol. The molecule has 0 aliphatic rings. The van der Waals surface area contributed by atoms with Gasteiger partial charge in [-0.1, -0.05) is 18.8 Å². The summed E-state index contributed by atoms with van der Waals surface area (Å²) in [5.41, 5.74) is 7.78. The van der Waals surface area contributed by atoms with Gasteiger partial charge in [-0.25, -0.2) is 15.0 Å². The lowest BCUT2D eigenvalue weighted by Gasteiger charge is -2.01. The third-order valence-electron chi connectivity index (χ3n) is 3.65. The molecular weight excluding hydrogens is 369 g/mol. The number of nitrogens with zero attached hydrogens (tertiary/aromatic N) is 4.